The normalized spacial score (nSPS) is 11.9. The molecule has 14 nitrogen and oxygen atoms in total. The number of hydrogen-bond donors (Lipinski definition) is 5. The van der Waals surface area contributed by atoms with Crippen molar-refractivity contribution in [2.75, 3.05) is 46.4 Å². The van der Waals surface area contributed by atoms with Crippen LogP contribution in [-0.4, -0.2) is 91.8 Å². The lowest BCUT2D eigenvalue weighted by atomic mass is 9.80. The quantitative estimate of drug-likeness (QED) is 0.0257. The number of rotatable bonds is 26. The lowest BCUT2D eigenvalue weighted by Crippen LogP contribution is -2.32. The summed E-state index contributed by atoms with van der Waals surface area (Å²) in [6.45, 7) is 38.7. The number of nitrogens with one attached hydrogen (secondary N) is 3. The molecule has 0 aliphatic carbocycles. The molecular formula is C49H84N4O10. The van der Waals surface area contributed by atoms with Crippen molar-refractivity contribution in [2.24, 2.45) is 28.6 Å². The first-order chi connectivity index (χ1) is 29.1. The van der Waals surface area contributed by atoms with E-state index in [0.717, 1.165) is 56.3 Å². The van der Waals surface area contributed by atoms with Gasteiger partial charge in [-0.1, -0.05) is 113 Å². The molecule has 1 rings (SSSR count). The molecule has 0 radical (unpaired) electrons. The summed E-state index contributed by atoms with van der Waals surface area (Å²) >= 11 is 0. The molecule has 0 bridgehead atoms. The number of alkyl carbamates (subject to hydrolysis) is 1. The molecule has 1 aromatic rings. The zero-order valence-corrected chi connectivity index (χ0v) is 41.0. The summed E-state index contributed by atoms with van der Waals surface area (Å²) in [7, 11) is 1.60. The average Bonchev–Trinajstić information content (AvgIpc) is 3.16. The molecule has 14 heteroatoms. The van der Waals surface area contributed by atoms with E-state index in [0.29, 0.717) is 61.7 Å². The Bertz CT molecular complexity index is 1590. The maximum Gasteiger partial charge on any atom is 0.407 e. The third-order valence-corrected chi connectivity index (χ3v) is 9.65. The number of ether oxygens (including phenoxy) is 3. The monoisotopic (exact) mass is 889 g/mol. The van der Waals surface area contributed by atoms with Crippen LogP contribution in [0, 0.1) is 28.6 Å². The summed E-state index contributed by atoms with van der Waals surface area (Å²) in [5.74, 6) is 0.715. The first-order valence-corrected chi connectivity index (χ1v) is 22.0. The number of hydrogen-bond acceptors (Lipinski definition) is 9. The topological polar surface area (TPSA) is 193 Å². The molecule has 5 N–H and O–H groups in total. The number of benzene rings is 1. The van der Waals surface area contributed by atoms with Gasteiger partial charge in [0.05, 0.1) is 13.2 Å². The van der Waals surface area contributed by atoms with Crippen molar-refractivity contribution in [3.05, 3.63) is 72.0 Å². The molecule has 0 heterocycles. The van der Waals surface area contributed by atoms with Gasteiger partial charge in [0.1, 0.15) is 6.61 Å². The van der Waals surface area contributed by atoms with Gasteiger partial charge in [-0.25, -0.2) is 24.0 Å². The highest BCUT2D eigenvalue weighted by Crippen LogP contribution is 2.30. The zero-order chi connectivity index (χ0) is 48.9. The summed E-state index contributed by atoms with van der Waals surface area (Å²) < 4.78 is 15.2. The molecule has 0 aromatic heterocycles. The highest BCUT2D eigenvalue weighted by atomic mass is 16.5. The number of carboxylic acid groups (broad SMARTS) is 2. The van der Waals surface area contributed by atoms with Crippen LogP contribution in [0.4, 0.5) is 14.4 Å². The van der Waals surface area contributed by atoms with Crippen molar-refractivity contribution in [3.8, 4) is 0 Å². The SMILES string of the molecule is C=C(C)C(=O)OCC(C)C.C=C(CCCOC(=O)C(=C)C)NCCC(C)(C)CC(C)CN(C)C(=O)O.CC(CNC(=O)O)CC(C)(C)CCNC(=O)OCc1cccc(C(C)C)c1. The Kier molecular flexibility index (Phi) is 30.3. The number of nitrogens with zero attached hydrogens (tertiary/aromatic N) is 1. The van der Waals surface area contributed by atoms with E-state index in [2.05, 4.69) is 96.3 Å². The molecule has 2 unspecified atom stereocenters. The predicted octanol–water partition coefficient (Wildman–Crippen LogP) is 10.5. The largest absolute Gasteiger partial charge is 0.465 e. The summed E-state index contributed by atoms with van der Waals surface area (Å²) in [6.07, 6.45) is 2.77. The van der Waals surface area contributed by atoms with Crippen LogP contribution in [0.2, 0.25) is 0 Å². The van der Waals surface area contributed by atoms with Crippen molar-refractivity contribution in [1.29, 1.82) is 0 Å². The van der Waals surface area contributed by atoms with Crippen LogP contribution in [-0.2, 0) is 30.4 Å². The summed E-state index contributed by atoms with van der Waals surface area (Å²) in [5.41, 5.74) is 4.13. The second kappa shape index (κ2) is 31.8. The number of carbonyl (C=O) groups is 5. The Morgan fingerprint density at radius 1 is 0.762 bits per heavy atom. The van der Waals surface area contributed by atoms with Gasteiger partial charge in [-0.15, -0.1) is 0 Å². The minimum Gasteiger partial charge on any atom is -0.465 e. The van der Waals surface area contributed by atoms with Gasteiger partial charge in [-0.05, 0) is 98.0 Å². The minimum atomic E-state index is -0.997. The van der Waals surface area contributed by atoms with Gasteiger partial charge in [0.15, 0.2) is 0 Å². The molecule has 3 amide bonds. The zero-order valence-electron chi connectivity index (χ0n) is 41.0. The van der Waals surface area contributed by atoms with Crippen molar-refractivity contribution in [1.82, 2.24) is 20.9 Å². The van der Waals surface area contributed by atoms with Crippen LogP contribution in [0.15, 0.2) is 60.8 Å². The third kappa shape index (κ3) is 34.2. The van der Waals surface area contributed by atoms with E-state index in [-0.39, 0.29) is 35.3 Å². The van der Waals surface area contributed by atoms with Crippen LogP contribution in [0.1, 0.15) is 139 Å². The first kappa shape index (κ1) is 60.1. The lowest BCUT2D eigenvalue weighted by Gasteiger charge is -2.30. The fraction of sp³-hybridized carbons (Fsp3) is 0.653. The first-order valence-electron chi connectivity index (χ1n) is 22.0. The van der Waals surface area contributed by atoms with Crippen LogP contribution in [0.5, 0.6) is 0 Å². The standard InChI is InChI=1S/C21H34N2O4.C20H36N2O4.C8H14O2/c1-15(2)18-8-6-7-17(11-18)14-27-20(26)22-10-9-21(4,5)12-16(3)13-23-19(24)25;1-15(2)18(23)26-12-8-9-17(4)21-11-10-20(5,6)13-16(3)14-22(7)19(24)25;1-6(2)5-10-8(9)7(3)4/h6-8,11,15-16,23H,9-10,12-14H2,1-5H3,(H,22,26)(H,24,25);16,21H,1,4,8-14H2,2-3,5-7H3,(H,24,25);6H,3,5H2,1-2,4H3. The maximum absolute atomic E-state index is 11.9. The van der Waals surface area contributed by atoms with Gasteiger partial charge >= 0.3 is 30.2 Å². The van der Waals surface area contributed by atoms with Gasteiger partial charge in [0.2, 0.25) is 0 Å². The lowest BCUT2D eigenvalue weighted by molar-refractivity contribution is -0.140. The second-order valence-corrected chi connectivity index (χ2v) is 19.0. The number of amides is 3. The van der Waals surface area contributed by atoms with Gasteiger partial charge in [-0.3, -0.25) is 0 Å². The molecular weight excluding hydrogens is 805 g/mol. The van der Waals surface area contributed by atoms with Gasteiger partial charge < -0.3 is 45.3 Å². The Balaban J connectivity index is 0. The number of esters is 2. The van der Waals surface area contributed by atoms with Gasteiger partial charge in [-0.2, -0.15) is 0 Å². The van der Waals surface area contributed by atoms with E-state index in [1.54, 1.807) is 20.9 Å². The maximum atomic E-state index is 11.9. The summed E-state index contributed by atoms with van der Waals surface area (Å²) in [5, 5.41) is 26.2. The molecule has 0 fully saturated rings. The van der Waals surface area contributed by atoms with E-state index < -0.39 is 18.3 Å². The van der Waals surface area contributed by atoms with Gasteiger partial charge in [0, 0.05) is 50.1 Å². The second-order valence-electron chi connectivity index (χ2n) is 19.0. The van der Waals surface area contributed by atoms with E-state index in [4.69, 9.17) is 24.4 Å². The minimum absolute atomic E-state index is 0.00151. The van der Waals surface area contributed by atoms with Crippen LogP contribution < -0.4 is 16.0 Å². The van der Waals surface area contributed by atoms with E-state index >= 15 is 0 Å². The molecule has 1 aromatic carbocycles. The molecule has 360 valence electrons. The third-order valence-electron chi connectivity index (χ3n) is 9.65. The smallest absolute Gasteiger partial charge is 0.407 e. The highest BCUT2D eigenvalue weighted by molar-refractivity contribution is 5.87. The average molecular weight is 889 g/mol. The molecule has 0 aliphatic rings. The van der Waals surface area contributed by atoms with Crippen LogP contribution in [0.25, 0.3) is 0 Å². The Labute approximate surface area is 379 Å². The number of allylic oxidation sites excluding steroid dienone is 1. The van der Waals surface area contributed by atoms with Gasteiger partial charge in [0.25, 0.3) is 0 Å². The Morgan fingerprint density at radius 3 is 1.81 bits per heavy atom. The summed E-state index contributed by atoms with van der Waals surface area (Å²) in [6, 6.07) is 8.07. The summed E-state index contributed by atoms with van der Waals surface area (Å²) in [4.78, 5) is 56.7. The van der Waals surface area contributed by atoms with E-state index in [1.807, 2.05) is 32.9 Å². The fourth-order valence-corrected chi connectivity index (χ4v) is 6.38. The molecule has 0 saturated heterocycles. The van der Waals surface area contributed by atoms with Crippen molar-refractivity contribution in [3.63, 3.8) is 0 Å². The van der Waals surface area contributed by atoms with Crippen molar-refractivity contribution >= 4 is 30.2 Å². The molecule has 2 atom stereocenters. The van der Waals surface area contributed by atoms with Crippen LogP contribution in [0.3, 0.4) is 0 Å². The molecule has 0 saturated carbocycles. The van der Waals surface area contributed by atoms with Crippen LogP contribution >= 0.6 is 0 Å². The predicted molar refractivity (Wildman–Crippen MR) is 253 cm³/mol. The van der Waals surface area contributed by atoms with E-state index in [9.17, 15) is 24.0 Å². The molecule has 63 heavy (non-hydrogen) atoms. The molecule has 0 aliphatic heterocycles. The van der Waals surface area contributed by atoms with E-state index in [1.165, 1.54) is 10.5 Å². The molecule has 0 spiro atoms. The fourth-order valence-electron chi connectivity index (χ4n) is 6.38. The van der Waals surface area contributed by atoms with Crippen molar-refractivity contribution in [2.45, 2.75) is 134 Å². The Hall–Kier alpha value is -5.01. The number of carbonyl (C=O) groups excluding carboxylic acids is 3. The highest BCUT2D eigenvalue weighted by Gasteiger charge is 2.23. The van der Waals surface area contributed by atoms with Crippen molar-refractivity contribution < 1.29 is 48.4 Å². The Morgan fingerprint density at radius 2 is 1.30 bits per heavy atom.